The van der Waals surface area contributed by atoms with Gasteiger partial charge >= 0.3 is 0 Å². The summed E-state index contributed by atoms with van der Waals surface area (Å²) in [6.07, 6.45) is 0.327. The third kappa shape index (κ3) is 3.50. The molecular formula is C20H16ClF4N3O4. The molecule has 1 atom stereocenters. The number of aromatic hydroxyl groups is 1. The molecule has 0 aliphatic carbocycles. The molecule has 2 N–H and O–H groups in total. The van der Waals surface area contributed by atoms with Crippen molar-refractivity contribution < 1.29 is 32.3 Å². The fourth-order valence-corrected chi connectivity index (χ4v) is 4.13. The number of alkyl halides is 2. The normalized spacial score (nSPS) is 19.3. The van der Waals surface area contributed by atoms with Crippen LogP contribution in [0.25, 0.3) is 0 Å². The summed E-state index contributed by atoms with van der Waals surface area (Å²) >= 11 is 5.49. The standard InChI is InChI=1S/C20H16ClF4N3O4/c21-13-11(22)3-2-9(14(13)23)6-26-18(31)10-7-28-12-8-27(5-1-4-20(12,24)25)19(32)15(28)17(30)16(10)29/h2-3,7,12,30H,1,4-6,8H2,(H,26,31)/t12-/m0/s1. The molecule has 2 aromatic rings. The molecule has 0 saturated carbocycles. The largest absolute Gasteiger partial charge is 0.503 e. The SMILES string of the molecule is O=C(NCc1ccc(F)c(Cl)c1F)c1cn2c(c(O)c1=O)C(=O)N1CCCC(F)(F)[C@@H]2C1. The molecule has 2 aliphatic heterocycles. The van der Waals surface area contributed by atoms with E-state index >= 15 is 0 Å². The van der Waals surface area contributed by atoms with Crippen molar-refractivity contribution in [3.63, 3.8) is 0 Å². The zero-order valence-electron chi connectivity index (χ0n) is 16.3. The number of benzene rings is 1. The number of fused-ring (bicyclic) bond motifs is 4. The van der Waals surface area contributed by atoms with Gasteiger partial charge in [-0.1, -0.05) is 17.7 Å². The van der Waals surface area contributed by atoms with Crippen LogP contribution < -0.4 is 10.7 Å². The Labute approximate surface area is 183 Å². The average Bonchev–Trinajstić information content (AvgIpc) is 2.88. The van der Waals surface area contributed by atoms with Crippen molar-refractivity contribution in [2.75, 3.05) is 13.1 Å². The van der Waals surface area contributed by atoms with Crippen LogP contribution in [0.1, 0.15) is 45.3 Å². The fraction of sp³-hybridized carbons (Fsp3) is 0.350. The molecule has 2 aliphatic rings. The van der Waals surface area contributed by atoms with Crippen LogP contribution >= 0.6 is 11.6 Å². The van der Waals surface area contributed by atoms with Crippen LogP contribution in [0.15, 0.2) is 23.1 Å². The molecule has 0 spiro atoms. The van der Waals surface area contributed by atoms with E-state index in [1.165, 1.54) is 0 Å². The molecule has 4 rings (SSSR count). The van der Waals surface area contributed by atoms with E-state index < -0.39 is 75.8 Å². The second-order valence-corrected chi connectivity index (χ2v) is 8.00. The minimum atomic E-state index is -3.26. The van der Waals surface area contributed by atoms with Crippen LogP contribution in [0.2, 0.25) is 5.02 Å². The minimum Gasteiger partial charge on any atom is -0.503 e. The Balaban J connectivity index is 1.71. The number of pyridine rings is 1. The first-order chi connectivity index (χ1) is 15.0. The number of rotatable bonds is 3. The van der Waals surface area contributed by atoms with Gasteiger partial charge in [-0.3, -0.25) is 14.4 Å². The predicted octanol–water partition coefficient (Wildman–Crippen LogP) is 2.84. The number of aromatic nitrogens is 1. The first kappa shape index (κ1) is 22.1. The van der Waals surface area contributed by atoms with Crippen molar-refractivity contribution >= 4 is 23.4 Å². The molecule has 3 heterocycles. The fourth-order valence-electron chi connectivity index (χ4n) is 3.94. The maximum Gasteiger partial charge on any atom is 0.274 e. The first-order valence-corrected chi connectivity index (χ1v) is 9.96. The second-order valence-electron chi connectivity index (χ2n) is 7.63. The Morgan fingerprint density at radius 1 is 1.28 bits per heavy atom. The zero-order chi connectivity index (χ0) is 23.4. The lowest BCUT2D eigenvalue weighted by molar-refractivity contribution is -0.0597. The Kier molecular flexibility index (Phi) is 5.40. The lowest BCUT2D eigenvalue weighted by atomic mass is 10.0. The summed E-state index contributed by atoms with van der Waals surface area (Å²) in [5, 5.41) is 11.8. The number of nitrogens with zero attached hydrogens (tertiary/aromatic N) is 2. The molecule has 1 aromatic heterocycles. The molecule has 2 amide bonds. The molecule has 2 bridgehead atoms. The van der Waals surface area contributed by atoms with Crippen LogP contribution in [-0.2, 0) is 6.54 Å². The Bertz CT molecular complexity index is 1200. The highest BCUT2D eigenvalue weighted by atomic mass is 35.5. The van der Waals surface area contributed by atoms with Gasteiger partial charge < -0.3 is 19.9 Å². The quantitative estimate of drug-likeness (QED) is 0.530. The van der Waals surface area contributed by atoms with Gasteiger partial charge in [0.05, 0.1) is 0 Å². The van der Waals surface area contributed by atoms with E-state index in [4.69, 9.17) is 11.6 Å². The monoisotopic (exact) mass is 473 g/mol. The second kappa shape index (κ2) is 7.80. The van der Waals surface area contributed by atoms with Gasteiger partial charge in [0.2, 0.25) is 5.43 Å². The summed E-state index contributed by atoms with van der Waals surface area (Å²) in [5.41, 5.74) is -2.74. The number of nitrogens with one attached hydrogen (secondary N) is 1. The zero-order valence-corrected chi connectivity index (χ0v) is 17.1. The number of halogens is 5. The number of hydrogen-bond donors (Lipinski definition) is 2. The van der Waals surface area contributed by atoms with Gasteiger partial charge in [-0.15, -0.1) is 0 Å². The molecule has 12 heteroatoms. The lowest BCUT2D eigenvalue weighted by Gasteiger charge is -2.37. The molecule has 1 fully saturated rings. The van der Waals surface area contributed by atoms with E-state index in [1.54, 1.807) is 0 Å². The van der Waals surface area contributed by atoms with Crippen LogP contribution in [0.4, 0.5) is 17.6 Å². The summed E-state index contributed by atoms with van der Waals surface area (Å²) in [4.78, 5) is 38.9. The Morgan fingerprint density at radius 3 is 2.72 bits per heavy atom. The van der Waals surface area contributed by atoms with E-state index in [0.29, 0.717) is 0 Å². The highest BCUT2D eigenvalue weighted by molar-refractivity contribution is 6.30. The lowest BCUT2D eigenvalue weighted by Crippen LogP contribution is -2.48. The van der Waals surface area contributed by atoms with Crippen molar-refractivity contribution in [3.8, 4) is 5.75 Å². The third-order valence-electron chi connectivity index (χ3n) is 5.65. The van der Waals surface area contributed by atoms with Crippen LogP contribution in [0.3, 0.4) is 0 Å². The van der Waals surface area contributed by atoms with Crippen LogP contribution in [0, 0.1) is 11.6 Å². The van der Waals surface area contributed by atoms with Crippen molar-refractivity contribution in [1.29, 1.82) is 0 Å². The summed E-state index contributed by atoms with van der Waals surface area (Å²) in [6.45, 7) is -0.799. The smallest absolute Gasteiger partial charge is 0.274 e. The molecular weight excluding hydrogens is 458 g/mol. The van der Waals surface area contributed by atoms with Gasteiger partial charge in [-0.05, 0) is 12.5 Å². The van der Waals surface area contributed by atoms with E-state index in [9.17, 15) is 37.1 Å². The van der Waals surface area contributed by atoms with Crippen molar-refractivity contribution in [2.45, 2.75) is 31.4 Å². The predicted molar refractivity (Wildman–Crippen MR) is 104 cm³/mol. The maximum absolute atomic E-state index is 14.7. The molecule has 7 nitrogen and oxygen atoms in total. The average molecular weight is 474 g/mol. The first-order valence-electron chi connectivity index (χ1n) is 9.58. The molecule has 170 valence electrons. The van der Waals surface area contributed by atoms with Crippen molar-refractivity contribution in [1.82, 2.24) is 14.8 Å². The van der Waals surface area contributed by atoms with Crippen LogP contribution in [-0.4, -0.2) is 45.4 Å². The van der Waals surface area contributed by atoms with Gasteiger partial charge in [-0.2, -0.15) is 0 Å². The number of hydrogen-bond acceptors (Lipinski definition) is 4. The van der Waals surface area contributed by atoms with Gasteiger partial charge in [0.25, 0.3) is 17.7 Å². The highest BCUT2D eigenvalue weighted by Gasteiger charge is 2.49. The highest BCUT2D eigenvalue weighted by Crippen LogP contribution is 2.41. The van der Waals surface area contributed by atoms with Crippen molar-refractivity contribution in [3.05, 3.63) is 62.0 Å². The molecule has 32 heavy (non-hydrogen) atoms. The molecule has 1 aromatic carbocycles. The maximum atomic E-state index is 14.7. The summed E-state index contributed by atoms with van der Waals surface area (Å²) in [6, 6.07) is 0.342. The third-order valence-corrected chi connectivity index (χ3v) is 6.00. The van der Waals surface area contributed by atoms with E-state index in [0.717, 1.165) is 27.8 Å². The van der Waals surface area contributed by atoms with Gasteiger partial charge in [0.15, 0.2) is 11.4 Å². The number of amides is 2. The van der Waals surface area contributed by atoms with E-state index in [1.807, 2.05) is 0 Å². The minimum absolute atomic E-state index is 0.0356. The molecule has 1 saturated heterocycles. The molecule has 0 unspecified atom stereocenters. The number of carbonyl (C=O) groups is 2. The van der Waals surface area contributed by atoms with E-state index in [-0.39, 0.29) is 25.1 Å². The van der Waals surface area contributed by atoms with Crippen LogP contribution in [0.5, 0.6) is 5.75 Å². The molecule has 0 radical (unpaired) electrons. The summed E-state index contributed by atoms with van der Waals surface area (Å²) < 4.78 is 57.5. The Morgan fingerprint density at radius 2 is 2.00 bits per heavy atom. The van der Waals surface area contributed by atoms with E-state index in [2.05, 4.69) is 5.32 Å². The summed E-state index contributed by atoms with van der Waals surface area (Å²) in [7, 11) is 0. The summed E-state index contributed by atoms with van der Waals surface area (Å²) in [5.74, 6) is -8.38. The van der Waals surface area contributed by atoms with Crippen molar-refractivity contribution in [2.24, 2.45) is 0 Å². The van der Waals surface area contributed by atoms with Gasteiger partial charge in [-0.25, -0.2) is 17.6 Å². The topological polar surface area (TPSA) is 91.6 Å². The van der Waals surface area contributed by atoms with Gasteiger partial charge in [0, 0.05) is 37.8 Å². The van der Waals surface area contributed by atoms with Gasteiger partial charge in [0.1, 0.15) is 28.3 Å². The number of carbonyl (C=O) groups excluding carboxylic acids is 2. The Hall–Kier alpha value is -3.08.